The van der Waals surface area contributed by atoms with Gasteiger partial charge in [0.25, 0.3) is 0 Å². The lowest BCUT2D eigenvalue weighted by Crippen LogP contribution is -1.74. The Labute approximate surface area is 102 Å². The standard InChI is InChI=1S/C9H6BrIOS/c1-12-9-4-6-7(11)2-5(10)3-8(6)13-9/h2-4H,1H3. The van der Waals surface area contributed by atoms with E-state index in [1.165, 1.54) is 13.7 Å². The first kappa shape index (κ1) is 9.73. The van der Waals surface area contributed by atoms with Crippen LogP contribution in [-0.2, 0) is 0 Å². The average molecular weight is 369 g/mol. The van der Waals surface area contributed by atoms with E-state index >= 15 is 0 Å². The van der Waals surface area contributed by atoms with Gasteiger partial charge in [-0.2, -0.15) is 0 Å². The van der Waals surface area contributed by atoms with Crippen molar-refractivity contribution in [3.8, 4) is 5.06 Å². The molecule has 0 atom stereocenters. The topological polar surface area (TPSA) is 9.23 Å². The van der Waals surface area contributed by atoms with Gasteiger partial charge >= 0.3 is 0 Å². The van der Waals surface area contributed by atoms with Crippen molar-refractivity contribution in [2.75, 3.05) is 7.11 Å². The lowest BCUT2D eigenvalue weighted by Gasteiger charge is -1.94. The van der Waals surface area contributed by atoms with Crippen molar-refractivity contribution in [1.82, 2.24) is 0 Å². The van der Waals surface area contributed by atoms with Gasteiger partial charge in [0.1, 0.15) is 0 Å². The van der Waals surface area contributed by atoms with Gasteiger partial charge in [-0.1, -0.05) is 27.3 Å². The van der Waals surface area contributed by atoms with Gasteiger partial charge in [0.05, 0.1) is 7.11 Å². The Morgan fingerprint density at radius 1 is 1.38 bits per heavy atom. The van der Waals surface area contributed by atoms with E-state index in [2.05, 4.69) is 56.7 Å². The minimum Gasteiger partial charge on any atom is -0.487 e. The highest BCUT2D eigenvalue weighted by atomic mass is 127. The molecule has 0 unspecified atom stereocenters. The van der Waals surface area contributed by atoms with Crippen LogP contribution < -0.4 is 4.74 Å². The summed E-state index contributed by atoms with van der Waals surface area (Å²) in [6.45, 7) is 0. The zero-order chi connectivity index (χ0) is 9.42. The molecule has 0 N–H and O–H groups in total. The van der Waals surface area contributed by atoms with E-state index < -0.39 is 0 Å². The smallest absolute Gasteiger partial charge is 0.174 e. The van der Waals surface area contributed by atoms with Crippen molar-refractivity contribution >= 4 is 59.9 Å². The van der Waals surface area contributed by atoms with Crippen molar-refractivity contribution in [3.05, 3.63) is 26.2 Å². The first-order valence-corrected chi connectivity index (χ1v) is 6.32. The molecule has 13 heavy (non-hydrogen) atoms. The Kier molecular flexibility index (Phi) is 2.80. The highest BCUT2D eigenvalue weighted by Crippen LogP contribution is 2.36. The molecule has 1 aromatic heterocycles. The van der Waals surface area contributed by atoms with E-state index in [0.717, 1.165) is 9.54 Å². The van der Waals surface area contributed by atoms with Crippen LogP contribution in [0.1, 0.15) is 0 Å². The number of rotatable bonds is 1. The number of halogens is 2. The average Bonchev–Trinajstić information content (AvgIpc) is 2.47. The molecule has 2 aromatic rings. The summed E-state index contributed by atoms with van der Waals surface area (Å²) in [5, 5.41) is 2.23. The van der Waals surface area contributed by atoms with E-state index in [1.807, 2.05) is 0 Å². The molecule has 1 heterocycles. The molecule has 0 saturated heterocycles. The van der Waals surface area contributed by atoms with Gasteiger partial charge < -0.3 is 4.74 Å². The summed E-state index contributed by atoms with van der Waals surface area (Å²) in [7, 11) is 1.70. The Balaban J connectivity index is 2.75. The first-order chi connectivity index (χ1) is 6.20. The van der Waals surface area contributed by atoms with Crippen LogP contribution in [0.25, 0.3) is 10.1 Å². The second kappa shape index (κ2) is 3.74. The van der Waals surface area contributed by atoms with Crippen LogP contribution in [0.5, 0.6) is 5.06 Å². The van der Waals surface area contributed by atoms with Crippen LogP contribution in [0.3, 0.4) is 0 Å². The molecule has 2 rings (SSSR count). The molecule has 0 amide bonds. The lowest BCUT2D eigenvalue weighted by atomic mass is 10.3. The quantitative estimate of drug-likeness (QED) is 0.683. The van der Waals surface area contributed by atoms with Gasteiger partial charge in [0.2, 0.25) is 0 Å². The Morgan fingerprint density at radius 2 is 2.15 bits per heavy atom. The van der Waals surface area contributed by atoms with E-state index in [1.54, 1.807) is 18.4 Å². The van der Waals surface area contributed by atoms with E-state index in [-0.39, 0.29) is 0 Å². The number of methoxy groups -OCH3 is 1. The Hall–Kier alpha value is 0.190. The van der Waals surface area contributed by atoms with Crippen molar-refractivity contribution in [2.45, 2.75) is 0 Å². The number of hydrogen-bond acceptors (Lipinski definition) is 2. The Morgan fingerprint density at radius 3 is 2.85 bits per heavy atom. The van der Waals surface area contributed by atoms with Crippen LogP contribution in [0, 0.1) is 3.57 Å². The third kappa shape index (κ3) is 1.85. The molecule has 0 spiro atoms. The van der Waals surface area contributed by atoms with E-state index in [9.17, 15) is 0 Å². The second-order valence-electron chi connectivity index (χ2n) is 2.57. The SMILES string of the molecule is COc1cc2c(I)cc(Br)cc2s1. The minimum absolute atomic E-state index is 0.964. The van der Waals surface area contributed by atoms with Crippen molar-refractivity contribution in [3.63, 3.8) is 0 Å². The monoisotopic (exact) mass is 368 g/mol. The maximum Gasteiger partial charge on any atom is 0.174 e. The van der Waals surface area contributed by atoms with Crippen molar-refractivity contribution < 1.29 is 4.74 Å². The lowest BCUT2D eigenvalue weighted by molar-refractivity contribution is 0.427. The fourth-order valence-corrected chi connectivity index (χ4v) is 4.09. The van der Waals surface area contributed by atoms with Crippen molar-refractivity contribution in [2.24, 2.45) is 0 Å². The normalized spacial score (nSPS) is 10.7. The highest BCUT2D eigenvalue weighted by Gasteiger charge is 2.05. The number of ether oxygens (including phenoxy) is 1. The molecule has 0 saturated carbocycles. The molecule has 0 fully saturated rings. The Bertz CT molecular complexity index is 452. The summed E-state index contributed by atoms with van der Waals surface area (Å²) in [6.07, 6.45) is 0. The fourth-order valence-electron chi connectivity index (χ4n) is 1.14. The van der Waals surface area contributed by atoms with Crippen LogP contribution >= 0.6 is 49.9 Å². The molecule has 0 aliphatic carbocycles. The summed E-state index contributed by atoms with van der Waals surface area (Å²) in [6, 6.07) is 6.30. The van der Waals surface area contributed by atoms with Gasteiger partial charge in [0, 0.05) is 24.2 Å². The molecule has 0 aliphatic heterocycles. The molecule has 0 aliphatic rings. The van der Waals surface area contributed by atoms with Crippen LogP contribution in [-0.4, -0.2) is 7.11 Å². The summed E-state index contributed by atoms with van der Waals surface area (Å²) < 4.78 is 8.82. The predicted molar refractivity (Wildman–Crippen MR) is 68.8 cm³/mol. The fraction of sp³-hybridized carbons (Fsp3) is 0.111. The van der Waals surface area contributed by atoms with Gasteiger partial charge in [0.15, 0.2) is 5.06 Å². The first-order valence-electron chi connectivity index (χ1n) is 3.63. The molecule has 4 heteroatoms. The zero-order valence-electron chi connectivity index (χ0n) is 6.80. The van der Waals surface area contributed by atoms with Crippen molar-refractivity contribution in [1.29, 1.82) is 0 Å². The number of benzene rings is 1. The zero-order valence-corrected chi connectivity index (χ0v) is 11.4. The van der Waals surface area contributed by atoms with Crippen LogP contribution in [0.15, 0.2) is 22.7 Å². The van der Waals surface area contributed by atoms with Gasteiger partial charge in [-0.25, -0.2) is 0 Å². The summed E-state index contributed by atoms with van der Waals surface area (Å²) >= 11 is 7.48. The van der Waals surface area contributed by atoms with E-state index in [4.69, 9.17) is 4.74 Å². The van der Waals surface area contributed by atoms with Crippen LogP contribution in [0.4, 0.5) is 0 Å². The van der Waals surface area contributed by atoms with Gasteiger partial charge in [-0.15, -0.1) is 0 Å². The molecule has 0 bridgehead atoms. The van der Waals surface area contributed by atoms with E-state index in [0.29, 0.717) is 0 Å². The predicted octanol–water partition coefficient (Wildman–Crippen LogP) is 4.28. The second-order valence-corrected chi connectivity index (χ2v) is 5.69. The van der Waals surface area contributed by atoms with Crippen LogP contribution in [0.2, 0.25) is 0 Å². The molecular weight excluding hydrogens is 363 g/mol. The molecule has 68 valence electrons. The summed E-state index contributed by atoms with van der Waals surface area (Å²) in [5.41, 5.74) is 0. The minimum atomic E-state index is 0.964. The summed E-state index contributed by atoms with van der Waals surface area (Å²) in [5.74, 6) is 0. The summed E-state index contributed by atoms with van der Waals surface area (Å²) in [4.78, 5) is 0. The maximum absolute atomic E-state index is 5.19. The third-order valence-corrected chi connectivity index (χ3v) is 4.12. The van der Waals surface area contributed by atoms with Gasteiger partial charge in [-0.3, -0.25) is 0 Å². The molecule has 1 nitrogen and oxygen atoms in total. The molecular formula is C9H6BrIOS. The number of fused-ring (bicyclic) bond motifs is 1. The maximum atomic E-state index is 5.19. The third-order valence-electron chi connectivity index (χ3n) is 1.73. The molecule has 0 radical (unpaired) electrons. The number of thiophene rings is 1. The van der Waals surface area contributed by atoms with Gasteiger partial charge in [-0.05, 0) is 34.7 Å². The largest absolute Gasteiger partial charge is 0.487 e. The number of hydrogen-bond donors (Lipinski definition) is 0. The molecule has 1 aromatic carbocycles. The highest BCUT2D eigenvalue weighted by molar-refractivity contribution is 14.1.